The maximum atomic E-state index is 12.0. The zero-order valence-electron chi connectivity index (χ0n) is 17.3. The van der Waals surface area contributed by atoms with E-state index in [9.17, 15) is 14.4 Å². The first kappa shape index (κ1) is 22.7. The number of ether oxygens (including phenoxy) is 3. The van der Waals surface area contributed by atoms with E-state index in [2.05, 4.69) is 27.7 Å². The summed E-state index contributed by atoms with van der Waals surface area (Å²) in [6.45, 7) is 12.6. The Hall–Kier alpha value is -2.37. The standard InChI is InChI=1S/C21H30O6/c1-8-10-16(21(5,6)7)20-17(26-14(4)23)11-15(25-13(3)22)12-18(20)27-19(24)9-2/h11-12,16H,8-10H2,1-7H3. The predicted molar refractivity (Wildman–Crippen MR) is 102 cm³/mol. The van der Waals surface area contributed by atoms with Crippen LogP contribution in [0, 0.1) is 5.41 Å². The lowest BCUT2D eigenvalue weighted by Crippen LogP contribution is -2.22. The molecule has 1 atom stereocenters. The minimum atomic E-state index is -0.523. The van der Waals surface area contributed by atoms with Crippen LogP contribution in [-0.2, 0) is 14.4 Å². The van der Waals surface area contributed by atoms with Crippen LogP contribution in [0.25, 0.3) is 0 Å². The molecule has 0 aromatic heterocycles. The molecule has 0 aliphatic rings. The van der Waals surface area contributed by atoms with Crippen LogP contribution in [0.5, 0.6) is 17.2 Å². The van der Waals surface area contributed by atoms with E-state index in [1.807, 2.05) is 0 Å². The average molecular weight is 378 g/mol. The molecule has 0 radical (unpaired) electrons. The number of carbonyl (C=O) groups is 3. The Morgan fingerprint density at radius 3 is 1.85 bits per heavy atom. The van der Waals surface area contributed by atoms with Crippen molar-refractivity contribution in [3.63, 3.8) is 0 Å². The van der Waals surface area contributed by atoms with E-state index >= 15 is 0 Å². The van der Waals surface area contributed by atoms with Crippen molar-refractivity contribution in [1.82, 2.24) is 0 Å². The lowest BCUT2D eigenvalue weighted by Gasteiger charge is -2.33. The molecule has 150 valence electrons. The summed E-state index contributed by atoms with van der Waals surface area (Å²) in [6.07, 6.45) is 1.89. The van der Waals surface area contributed by atoms with Gasteiger partial charge < -0.3 is 14.2 Å². The molecule has 1 aromatic rings. The molecule has 27 heavy (non-hydrogen) atoms. The lowest BCUT2D eigenvalue weighted by atomic mass is 9.73. The van der Waals surface area contributed by atoms with Crippen molar-refractivity contribution >= 4 is 17.9 Å². The molecule has 0 spiro atoms. The van der Waals surface area contributed by atoms with Crippen molar-refractivity contribution in [2.75, 3.05) is 0 Å². The number of hydrogen-bond donors (Lipinski definition) is 0. The summed E-state index contributed by atoms with van der Waals surface area (Å²) < 4.78 is 16.1. The molecule has 0 aliphatic heterocycles. The van der Waals surface area contributed by atoms with Gasteiger partial charge >= 0.3 is 17.9 Å². The Morgan fingerprint density at radius 1 is 0.926 bits per heavy atom. The summed E-state index contributed by atoms with van der Waals surface area (Å²) >= 11 is 0. The van der Waals surface area contributed by atoms with Crippen LogP contribution in [0.15, 0.2) is 12.1 Å². The second-order valence-corrected chi connectivity index (χ2v) is 7.56. The van der Waals surface area contributed by atoms with Gasteiger partial charge in [0.2, 0.25) is 0 Å². The average Bonchev–Trinajstić information content (AvgIpc) is 2.51. The van der Waals surface area contributed by atoms with Gasteiger partial charge in [0.05, 0.1) is 0 Å². The fraction of sp³-hybridized carbons (Fsp3) is 0.571. The van der Waals surface area contributed by atoms with Gasteiger partial charge in [-0.1, -0.05) is 41.0 Å². The molecule has 0 aliphatic carbocycles. The quantitative estimate of drug-likeness (QED) is 0.502. The summed E-state index contributed by atoms with van der Waals surface area (Å²) in [6, 6.07) is 3.00. The van der Waals surface area contributed by atoms with Gasteiger partial charge in [-0.2, -0.15) is 0 Å². The Labute approximate surface area is 161 Å². The highest BCUT2D eigenvalue weighted by molar-refractivity contribution is 5.76. The summed E-state index contributed by atoms with van der Waals surface area (Å²) in [5, 5.41) is 0. The largest absolute Gasteiger partial charge is 0.426 e. The third kappa shape index (κ3) is 6.70. The van der Waals surface area contributed by atoms with Gasteiger partial charge in [0.25, 0.3) is 0 Å². The Kier molecular flexibility index (Phi) is 8.00. The highest BCUT2D eigenvalue weighted by Crippen LogP contribution is 2.48. The van der Waals surface area contributed by atoms with E-state index in [0.717, 1.165) is 12.8 Å². The number of hydrogen-bond acceptors (Lipinski definition) is 6. The summed E-state index contributed by atoms with van der Waals surface area (Å²) in [5.41, 5.74) is 0.457. The molecule has 0 fully saturated rings. The molecule has 0 heterocycles. The number of benzene rings is 1. The minimum Gasteiger partial charge on any atom is -0.426 e. The van der Waals surface area contributed by atoms with Crippen LogP contribution in [0.2, 0.25) is 0 Å². The van der Waals surface area contributed by atoms with Crippen molar-refractivity contribution in [2.45, 2.75) is 73.6 Å². The lowest BCUT2D eigenvalue weighted by molar-refractivity contribution is -0.134. The SMILES string of the molecule is CCCC(c1c(OC(C)=O)cc(OC(C)=O)cc1OC(=O)CC)C(C)(C)C. The molecule has 1 unspecified atom stereocenters. The van der Waals surface area contributed by atoms with Crippen molar-refractivity contribution < 1.29 is 28.6 Å². The van der Waals surface area contributed by atoms with Gasteiger partial charge in [-0.05, 0) is 17.8 Å². The Bertz CT molecular complexity index is 699. The summed E-state index contributed by atoms with van der Waals surface area (Å²) in [4.78, 5) is 35.1. The van der Waals surface area contributed by atoms with Gasteiger partial charge in [0.15, 0.2) is 0 Å². The first-order valence-electron chi connectivity index (χ1n) is 9.25. The molecule has 0 saturated heterocycles. The van der Waals surface area contributed by atoms with E-state index in [1.54, 1.807) is 6.92 Å². The molecule has 6 heteroatoms. The third-order valence-corrected chi connectivity index (χ3v) is 4.08. The van der Waals surface area contributed by atoms with E-state index in [0.29, 0.717) is 5.56 Å². The minimum absolute atomic E-state index is 0.0390. The maximum Gasteiger partial charge on any atom is 0.310 e. The number of rotatable bonds is 7. The van der Waals surface area contributed by atoms with Gasteiger partial charge in [0, 0.05) is 38.0 Å². The second kappa shape index (κ2) is 9.53. The van der Waals surface area contributed by atoms with Crippen molar-refractivity contribution in [2.24, 2.45) is 5.41 Å². The molecule has 1 rings (SSSR count). The zero-order valence-corrected chi connectivity index (χ0v) is 17.3. The molecule has 0 bridgehead atoms. The molecule has 1 aromatic carbocycles. The van der Waals surface area contributed by atoms with E-state index in [4.69, 9.17) is 14.2 Å². The fourth-order valence-corrected chi connectivity index (χ4v) is 2.96. The molecule has 0 amide bonds. The van der Waals surface area contributed by atoms with Crippen LogP contribution in [-0.4, -0.2) is 17.9 Å². The van der Waals surface area contributed by atoms with Gasteiger partial charge in [-0.15, -0.1) is 0 Å². The van der Waals surface area contributed by atoms with Crippen molar-refractivity contribution in [3.05, 3.63) is 17.7 Å². The normalized spacial score (nSPS) is 12.3. The molecular formula is C21H30O6. The highest BCUT2D eigenvalue weighted by atomic mass is 16.6. The zero-order chi connectivity index (χ0) is 20.8. The van der Waals surface area contributed by atoms with Crippen LogP contribution in [0.1, 0.15) is 79.2 Å². The van der Waals surface area contributed by atoms with Gasteiger partial charge in [-0.25, -0.2) is 0 Å². The number of carbonyl (C=O) groups excluding carboxylic acids is 3. The fourth-order valence-electron chi connectivity index (χ4n) is 2.96. The molecule has 0 saturated carbocycles. The van der Waals surface area contributed by atoms with Gasteiger partial charge in [0.1, 0.15) is 17.2 Å². The Morgan fingerprint density at radius 2 is 1.44 bits per heavy atom. The van der Waals surface area contributed by atoms with E-state index in [-0.39, 0.29) is 35.0 Å². The molecular weight excluding hydrogens is 348 g/mol. The second-order valence-electron chi connectivity index (χ2n) is 7.56. The predicted octanol–water partition coefficient (Wildman–Crippen LogP) is 4.78. The molecule has 0 N–H and O–H groups in total. The number of esters is 3. The van der Waals surface area contributed by atoms with Crippen molar-refractivity contribution in [3.8, 4) is 17.2 Å². The van der Waals surface area contributed by atoms with Crippen molar-refractivity contribution in [1.29, 1.82) is 0 Å². The van der Waals surface area contributed by atoms with Crippen LogP contribution >= 0.6 is 0 Å². The van der Waals surface area contributed by atoms with E-state index < -0.39 is 17.9 Å². The van der Waals surface area contributed by atoms with Gasteiger partial charge in [-0.3, -0.25) is 14.4 Å². The van der Waals surface area contributed by atoms with Crippen LogP contribution in [0.4, 0.5) is 0 Å². The van der Waals surface area contributed by atoms with E-state index in [1.165, 1.54) is 26.0 Å². The van der Waals surface area contributed by atoms with Crippen LogP contribution < -0.4 is 14.2 Å². The smallest absolute Gasteiger partial charge is 0.310 e. The topological polar surface area (TPSA) is 78.9 Å². The monoisotopic (exact) mass is 378 g/mol. The highest BCUT2D eigenvalue weighted by Gasteiger charge is 2.33. The Balaban J connectivity index is 3.71. The first-order valence-corrected chi connectivity index (χ1v) is 9.25. The summed E-state index contributed by atoms with van der Waals surface area (Å²) in [7, 11) is 0. The maximum absolute atomic E-state index is 12.0. The molecule has 6 nitrogen and oxygen atoms in total. The van der Waals surface area contributed by atoms with Crippen LogP contribution in [0.3, 0.4) is 0 Å². The first-order chi connectivity index (χ1) is 12.5. The third-order valence-electron chi connectivity index (χ3n) is 4.08. The summed E-state index contributed by atoms with van der Waals surface area (Å²) in [5.74, 6) is -0.834.